The molecule has 6 heteroatoms. The Morgan fingerprint density at radius 2 is 1.53 bits per heavy atom. The first-order valence-electron chi connectivity index (χ1n) is 9.78. The van der Waals surface area contributed by atoms with Gasteiger partial charge in [0.2, 0.25) is 0 Å². The lowest BCUT2D eigenvalue weighted by Crippen LogP contribution is -2.27. The van der Waals surface area contributed by atoms with E-state index < -0.39 is 11.9 Å². The van der Waals surface area contributed by atoms with Crippen LogP contribution in [0.3, 0.4) is 0 Å². The number of fused-ring (bicyclic) bond motifs is 1. The van der Waals surface area contributed by atoms with Gasteiger partial charge in [-0.3, -0.25) is 4.79 Å². The second-order valence-corrected chi connectivity index (χ2v) is 7.75. The number of hydrogen-bond donors (Lipinski definition) is 2. The number of halogens is 1. The van der Waals surface area contributed by atoms with Crippen LogP contribution in [0.1, 0.15) is 15.9 Å². The molecule has 32 heavy (non-hydrogen) atoms. The normalized spacial score (nSPS) is 11.2. The molecule has 4 aromatic carbocycles. The molecule has 0 fully saturated rings. The minimum absolute atomic E-state index is 0.218. The maximum Gasteiger partial charge on any atom is 0.352 e. The second-order valence-electron chi connectivity index (χ2n) is 6.95. The zero-order chi connectivity index (χ0) is 22.5. The molecule has 158 valence electrons. The van der Waals surface area contributed by atoms with Crippen LogP contribution in [0.5, 0.6) is 11.5 Å². The Balaban J connectivity index is 1.52. The van der Waals surface area contributed by atoms with Crippen LogP contribution in [-0.4, -0.2) is 17.0 Å². The minimum atomic E-state index is -1.23. The van der Waals surface area contributed by atoms with Crippen LogP contribution in [0.4, 0.5) is 0 Å². The van der Waals surface area contributed by atoms with E-state index in [2.05, 4.69) is 21.2 Å². The molecular weight excluding hydrogens is 470 g/mol. The fraction of sp³-hybridized carbons (Fsp3) is 0. The van der Waals surface area contributed by atoms with Crippen molar-refractivity contribution in [3.05, 3.63) is 112 Å². The summed E-state index contributed by atoms with van der Waals surface area (Å²) in [6, 6.07) is 27.2. The molecule has 0 aliphatic carbocycles. The molecule has 0 atom stereocenters. The van der Waals surface area contributed by atoms with Gasteiger partial charge in [0, 0.05) is 5.56 Å². The molecule has 4 aromatic rings. The highest BCUT2D eigenvalue weighted by Gasteiger charge is 2.13. The molecule has 0 aromatic heterocycles. The fourth-order valence-electron chi connectivity index (χ4n) is 3.15. The Kier molecular flexibility index (Phi) is 6.33. The number of carbonyl (C=O) groups is 2. The molecule has 0 bridgehead atoms. The van der Waals surface area contributed by atoms with Crippen LogP contribution in [0.2, 0.25) is 0 Å². The van der Waals surface area contributed by atoms with Gasteiger partial charge in [-0.25, -0.2) is 4.79 Å². The van der Waals surface area contributed by atoms with Gasteiger partial charge in [0.15, 0.2) is 0 Å². The largest absolute Gasteiger partial charge is 0.477 e. The summed E-state index contributed by atoms with van der Waals surface area (Å²) >= 11 is 3.60. The lowest BCUT2D eigenvalue weighted by atomic mass is 10.1. The van der Waals surface area contributed by atoms with Crippen molar-refractivity contribution in [3.8, 4) is 11.5 Å². The summed E-state index contributed by atoms with van der Waals surface area (Å²) in [6.07, 6.45) is 1.40. The Bertz CT molecular complexity index is 1320. The Morgan fingerprint density at radius 1 is 0.844 bits per heavy atom. The molecule has 0 heterocycles. The van der Waals surface area contributed by atoms with E-state index in [1.807, 2.05) is 36.4 Å². The summed E-state index contributed by atoms with van der Waals surface area (Å²) in [5, 5.41) is 14.1. The maximum atomic E-state index is 12.3. The summed E-state index contributed by atoms with van der Waals surface area (Å²) < 4.78 is 6.85. The van der Waals surface area contributed by atoms with E-state index in [-0.39, 0.29) is 5.70 Å². The topological polar surface area (TPSA) is 75.6 Å². The Hall–Kier alpha value is -3.90. The lowest BCUT2D eigenvalue weighted by Gasteiger charge is -2.10. The summed E-state index contributed by atoms with van der Waals surface area (Å²) in [4.78, 5) is 23.9. The SMILES string of the molecule is O=C(O)/C(=C\c1ccc(Oc2ccc3ccccc3c2Br)cc1)NC(=O)c1ccccc1. The van der Waals surface area contributed by atoms with Crippen LogP contribution < -0.4 is 10.1 Å². The van der Waals surface area contributed by atoms with Gasteiger partial charge in [0.05, 0.1) is 4.47 Å². The highest BCUT2D eigenvalue weighted by molar-refractivity contribution is 9.10. The van der Waals surface area contributed by atoms with E-state index in [0.717, 1.165) is 15.2 Å². The highest BCUT2D eigenvalue weighted by Crippen LogP contribution is 2.35. The van der Waals surface area contributed by atoms with Crippen molar-refractivity contribution in [2.45, 2.75) is 0 Å². The monoisotopic (exact) mass is 487 g/mol. The summed E-state index contributed by atoms with van der Waals surface area (Å²) in [7, 11) is 0. The molecule has 0 aliphatic rings. The third-order valence-corrected chi connectivity index (χ3v) is 5.58. The Labute approximate surface area is 193 Å². The number of nitrogens with one attached hydrogen (secondary N) is 1. The van der Waals surface area contributed by atoms with Gasteiger partial charge in [0.1, 0.15) is 17.2 Å². The van der Waals surface area contributed by atoms with Gasteiger partial charge in [-0.15, -0.1) is 0 Å². The third-order valence-electron chi connectivity index (χ3n) is 4.76. The zero-order valence-corrected chi connectivity index (χ0v) is 18.4. The quantitative estimate of drug-likeness (QED) is 0.315. The van der Waals surface area contributed by atoms with E-state index in [9.17, 15) is 14.7 Å². The molecular formula is C26H18BrNO4. The lowest BCUT2D eigenvalue weighted by molar-refractivity contribution is -0.132. The number of rotatable bonds is 6. The van der Waals surface area contributed by atoms with Crippen molar-refractivity contribution in [3.63, 3.8) is 0 Å². The van der Waals surface area contributed by atoms with Crippen LogP contribution in [0.15, 0.2) is 101 Å². The molecule has 0 saturated heterocycles. The first kappa shape index (κ1) is 21.3. The van der Waals surface area contributed by atoms with Crippen LogP contribution in [-0.2, 0) is 4.79 Å². The molecule has 0 aliphatic heterocycles. The number of hydrogen-bond acceptors (Lipinski definition) is 3. The summed E-state index contributed by atoms with van der Waals surface area (Å²) in [6.45, 7) is 0. The number of carboxylic acids is 1. The van der Waals surface area contributed by atoms with Gasteiger partial charge in [0.25, 0.3) is 5.91 Å². The smallest absolute Gasteiger partial charge is 0.352 e. The van der Waals surface area contributed by atoms with Gasteiger partial charge < -0.3 is 15.2 Å². The number of aliphatic carboxylic acids is 1. The standard InChI is InChI=1S/C26H18BrNO4/c27-24-21-9-5-4-6-18(21)12-15-23(24)32-20-13-10-17(11-14-20)16-22(26(30)31)28-25(29)19-7-2-1-3-8-19/h1-16H,(H,28,29)(H,30,31)/b22-16+. The highest BCUT2D eigenvalue weighted by atomic mass is 79.9. The number of benzene rings is 4. The average Bonchev–Trinajstić information content (AvgIpc) is 2.82. The zero-order valence-electron chi connectivity index (χ0n) is 16.8. The van der Waals surface area contributed by atoms with Crippen molar-refractivity contribution in [1.29, 1.82) is 0 Å². The van der Waals surface area contributed by atoms with Gasteiger partial charge in [-0.1, -0.05) is 60.7 Å². The number of carboxylic acid groups (broad SMARTS) is 1. The van der Waals surface area contributed by atoms with Crippen molar-refractivity contribution < 1.29 is 19.4 Å². The van der Waals surface area contributed by atoms with E-state index in [1.165, 1.54) is 6.08 Å². The van der Waals surface area contributed by atoms with E-state index in [0.29, 0.717) is 22.6 Å². The number of ether oxygens (including phenoxy) is 1. The summed E-state index contributed by atoms with van der Waals surface area (Å²) in [5.74, 6) is -0.438. The van der Waals surface area contributed by atoms with Gasteiger partial charge in [-0.2, -0.15) is 0 Å². The molecule has 2 N–H and O–H groups in total. The van der Waals surface area contributed by atoms with Crippen LogP contribution >= 0.6 is 15.9 Å². The van der Waals surface area contributed by atoms with E-state index >= 15 is 0 Å². The molecule has 0 unspecified atom stereocenters. The molecule has 4 rings (SSSR count). The predicted molar refractivity (Wildman–Crippen MR) is 128 cm³/mol. The van der Waals surface area contributed by atoms with Gasteiger partial charge in [-0.05, 0) is 68.7 Å². The van der Waals surface area contributed by atoms with Crippen molar-refractivity contribution in [2.75, 3.05) is 0 Å². The van der Waals surface area contributed by atoms with E-state index in [4.69, 9.17) is 4.74 Å². The average molecular weight is 488 g/mol. The fourth-order valence-corrected chi connectivity index (χ4v) is 3.73. The number of carbonyl (C=O) groups excluding carboxylic acids is 1. The molecule has 1 amide bonds. The second kappa shape index (κ2) is 9.49. The predicted octanol–water partition coefficient (Wildman–Crippen LogP) is 6.25. The van der Waals surface area contributed by atoms with Crippen LogP contribution in [0.25, 0.3) is 16.8 Å². The molecule has 5 nitrogen and oxygen atoms in total. The van der Waals surface area contributed by atoms with Crippen LogP contribution in [0, 0.1) is 0 Å². The first-order valence-corrected chi connectivity index (χ1v) is 10.6. The third kappa shape index (κ3) is 4.87. The molecule has 0 radical (unpaired) electrons. The molecule has 0 spiro atoms. The minimum Gasteiger partial charge on any atom is -0.477 e. The first-order chi connectivity index (χ1) is 15.5. The van der Waals surface area contributed by atoms with Crippen molar-refractivity contribution in [1.82, 2.24) is 5.32 Å². The van der Waals surface area contributed by atoms with Gasteiger partial charge >= 0.3 is 5.97 Å². The van der Waals surface area contributed by atoms with E-state index in [1.54, 1.807) is 54.6 Å². The maximum absolute atomic E-state index is 12.3. The van der Waals surface area contributed by atoms with Crippen molar-refractivity contribution >= 4 is 44.7 Å². The van der Waals surface area contributed by atoms with Crippen molar-refractivity contribution in [2.24, 2.45) is 0 Å². The number of amides is 1. The Morgan fingerprint density at radius 3 is 2.25 bits per heavy atom. The summed E-state index contributed by atoms with van der Waals surface area (Å²) in [5.41, 5.74) is 0.773. The molecule has 0 saturated carbocycles.